The summed E-state index contributed by atoms with van der Waals surface area (Å²) in [6, 6.07) is 0.206. The van der Waals surface area contributed by atoms with Gasteiger partial charge in [-0.1, -0.05) is 0 Å². The minimum absolute atomic E-state index is 0.206. The number of carbonyl (C=O) groups excluding carboxylic acids is 1. The number of fused-ring (bicyclic) bond motifs is 3. The average Bonchev–Trinajstić information content (AvgIpc) is 2.06. The van der Waals surface area contributed by atoms with Crippen LogP contribution in [0.1, 0.15) is 6.92 Å². The van der Waals surface area contributed by atoms with Gasteiger partial charge in [0.25, 0.3) is 0 Å². The van der Waals surface area contributed by atoms with Crippen LogP contribution in [0.5, 0.6) is 0 Å². The number of nitrogens with zero attached hydrogens (tertiary/aromatic N) is 2. The van der Waals surface area contributed by atoms with E-state index in [1.165, 1.54) is 0 Å². The summed E-state index contributed by atoms with van der Waals surface area (Å²) in [5.74, 6) is 0.328. The Hall–Kier alpha value is -0.410. The third-order valence-electron chi connectivity index (χ3n) is 2.75. The van der Waals surface area contributed by atoms with Crippen LogP contribution in [-0.2, 0) is 4.79 Å². The molecule has 0 aromatic carbocycles. The number of carbonyl (C=O) groups is 1. The van der Waals surface area contributed by atoms with Gasteiger partial charge in [0.15, 0.2) is 0 Å². The highest BCUT2D eigenvalue weighted by molar-refractivity contribution is 5.81. The second-order valence-corrected chi connectivity index (χ2v) is 3.46. The van der Waals surface area contributed by atoms with E-state index in [0.29, 0.717) is 5.78 Å². The van der Waals surface area contributed by atoms with Gasteiger partial charge in [-0.15, -0.1) is 0 Å². The number of hydrogen-bond donors (Lipinski definition) is 0. The van der Waals surface area contributed by atoms with Crippen molar-refractivity contribution in [3.8, 4) is 0 Å². The summed E-state index contributed by atoms with van der Waals surface area (Å²) >= 11 is 0. The zero-order valence-electron chi connectivity index (χ0n) is 6.92. The number of hydrogen-bond acceptors (Lipinski definition) is 3. The summed E-state index contributed by atoms with van der Waals surface area (Å²) in [7, 11) is 0. The van der Waals surface area contributed by atoms with Crippen LogP contribution in [0.4, 0.5) is 0 Å². The fourth-order valence-electron chi connectivity index (χ4n) is 2.00. The third-order valence-corrected chi connectivity index (χ3v) is 2.75. The van der Waals surface area contributed by atoms with E-state index < -0.39 is 0 Å². The minimum Gasteiger partial charge on any atom is -0.299 e. The van der Waals surface area contributed by atoms with Crippen molar-refractivity contribution in [1.29, 1.82) is 0 Å². The lowest BCUT2D eigenvalue weighted by atomic mass is 10.1. The van der Waals surface area contributed by atoms with Crippen molar-refractivity contribution >= 4 is 5.78 Å². The maximum atomic E-state index is 11.1. The summed E-state index contributed by atoms with van der Waals surface area (Å²) in [6.07, 6.45) is 0. The predicted octanol–water partition coefficient (Wildman–Crippen LogP) is -0.425. The number of Topliss-reactive ketones (excluding diaryl/α,β-unsaturated/α-hetero) is 1. The largest absolute Gasteiger partial charge is 0.299 e. The highest BCUT2D eigenvalue weighted by Gasteiger charge is 2.33. The molecule has 1 unspecified atom stereocenters. The molecule has 3 aliphatic heterocycles. The van der Waals surface area contributed by atoms with Crippen molar-refractivity contribution in [2.24, 2.45) is 0 Å². The molecule has 2 bridgehead atoms. The average molecular weight is 154 g/mol. The number of piperazine rings is 3. The van der Waals surface area contributed by atoms with Gasteiger partial charge in [0.2, 0.25) is 0 Å². The zero-order chi connectivity index (χ0) is 7.84. The Morgan fingerprint density at radius 1 is 1.27 bits per heavy atom. The fourth-order valence-corrected chi connectivity index (χ4v) is 2.00. The molecule has 0 N–H and O–H groups in total. The second-order valence-electron chi connectivity index (χ2n) is 3.46. The lowest BCUT2D eigenvalue weighted by Crippen LogP contribution is -2.62. The monoisotopic (exact) mass is 154 g/mol. The highest BCUT2D eigenvalue weighted by atomic mass is 16.1. The highest BCUT2D eigenvalue weighted by Crippen LogP contribution is 2.15. The molecule has 0 aliphatic carbocycles. The first-order valence-corrected chi connectivity index (χ1v) is 4.24. The van der Waals surface area contributed by atoms with Gasteiger partial charge in [-0.05, 0) is 6.92 Å². The summed E-state index contributed by atoms with van der Waals surface area (Å²) in [6.45, 7) is 7.16. The molecule has 0 saturated carbocycles. The van der Waals surface area contributed by atoms with E-state index in [2.05, 4.69) is 9.80 Å². The van der Waals surface area contributed by atoms with Crippen molar-refractivity contribution in [3.63, 3.8) is 0 Å². The smallest absolute Gasteiger partial charge is 0.148 e. The van der Waals surface area contributed by atoms with E-state index in [1.54, 1.807) is 6.92 Å². The maximum absolute atomic E-state index is 11.1. The summed E-state index contributed by atoms with van der Waals surface area (Å²) in [5.41, 5.74) is 0. The maximum Gasteiger partial charge on any atom is 0.148 e. The Bertz CT molecular complexity index is 173. The van der Waals surface area contributed by atoms with Crippen LogP contribution in [0.3, 0.4) is 0 Å². The molecule has 3 fully saturated rings. The molecule has 0 aromatic rings. The Morgan fingerprint density at radius 2 is 1.91 bits per heavy atom. The van der Waals surface area contributed by atoms with E-state index in [4.69, 9.17) is 0 Å². The molecule has 62 valence electrons. The first-order valence-electron chi connectivity index (χ1n) is 4.24. The van der Waals surface area contributed by atoms with Gasteiger partial charge in [0, 0.05) is 32.7 Å². The molecule has 0 spiro atoms. The fraction of sp³-hybridized carbons (Fsp3) is 0.875. The third kappa shape index (κ3) is 1.19. The second kappa shape index (κ2) is 2.57. The Balaban J connectivity index is 2.08. The van der Waals surface area contributed by atoms with Crippen molar-refractivity contribution < 1.29 is 4.79 Å². The molecule has 3 rings (SSSR count). The molecule has 0 aromatic heterocycles. The normalized spacial score (nSPS) is 42.5. The molecule has 3 heterocycles. The molecule has 3 nitrogen and oxygen atoms in total. The van der Waals surface area contributed by atoms with E-state index >= 15 is 0 Å². The van der Waals surface area contributed by atoms with Gasteiger partial charge in [-0.2, -0.15) is 0 Å². The van der Waals surface area contributed by atoms with Crippen molar-refractivity contribution in [2.75, 3.05) is 32.7 Å². The van der Waals surface area contributed by atoms with Crippen LogP contribution in [0.15, 0.2) is 0 Å². The van der Waals surface area contributed by atoms with Crippen LogP contribution in [0.25, 0.3) is 0 Å². The molecule has 11 heavy (non-hydrogen) atoms. The number of ketones is 1. The Labute approximate surface area is 67.0 Å². The lowest BCUT2D eigenvalue weighted by Gasteiger charge is -2.46. The molecule has 3 aliphatic rings. The molecular weight excluding hydrogens is 140 g/mol. The predicted molar refractivity (Wildman–Crippen MR) is 42.5 cm³/mol. The molecular formula is C8H14N2O. The Morgan fingerprint density at radius 3 is 2.18 bits per heavy atom. The molecule has 1 atom stereocenters. The van der Waals surface area contributed by atoms with Crippen molar-refractivity contribution in [3.05, 3.63) is 0 Å². The standard InChI is InChI=1S/C8H14N2O/c1-7(11)8-6-9-2-4-10(8)5-3-9/h8H,2-6H2,1H3. The first kappa shape index (κ1) is 7.25. The number of rotatable bonds is 1. The van der Waals surface area contributed by atoms with Crippen molar-refractivity contribution in [1.82, 2.24) is 9.80 Å². The molecule has 0 radical (unpaired) electrons. The van der Waals surface area contributed by atoms with E-state index in [9.17, 15) is 4.79 Å². The summed E-state index contributed by atoms with van der Waals surface area (Å²) in [5, 5.41) is 0. The minimum atomic E-state index is 0.206. The topological polar surface area (TPSA) is 23.6 Å². The van der Waals surface area contributed by atoms with E-state index in [1.807, 2.05) is 0 Å². The quantitative estimate of drug-likeness (QED) is 0.512. The van der Waals surface area contributed by atoms with Crippen LogP contribution >= 0.6 is 0 Å². The molecule has 3 saturated heterocycles. The van der Waals surface area contributed by atoms with Crippen LogP contribution in [-0.4, -0.2) is 54.3 Å². The van der Waals surface area contributed by atoms with Crippen LogP contribution in [0.2, 0.25) is 0 Å². The van der Waals surface area contributed by atoms with Crippen LogP contribution in [0, 0.1) is 0 Å². The molecule has 0 amide bonds. The van der Waals surface area contributed by atoms with Gasteiger partial charge in [-0.25, -0.2) is 0 Å². The Kier molecular flexibility index (Phi) is 1.69. The van der Waals surface area contributed by atoms with Gasteiger partial charge in [-0.3, -0.25) is 14.6 Å². The van der Waals surface area contributed by atoms with Crippen molar-refractivity contribution in [2.45, 2.75) is 13.0 Å². The first-order chi connectivity index (χ1) is 5.27. The van der Waals surface area contributed by atoms with Crippen LogP contribution < -0.4 is 0 Å². The van der Waals surface area contributed by atoms with Gasteiger partial charge in [0.1, 0.15) is 5.78 Å². The summed E-state index contributed by atoms with van der Waals surface area (Å²) < 4.78 is 0. The SMILES string of the molecule is CC(=O)C1CN2CCN1CC2. The zero-order valence-corrected chi connectivity index (χ0v) is 6.92. The lowest BCUT2D eigenvalue weighted by molar-refractivity contribution is -0.127. The van der Waals surface area contributed by atoms with Gasteiger partial charge < -0.3 is 0 Å². The molecule has 3 heteroatoms. The van der Waals surface area contributed by atoms with E-state index in [0.717, 1.165) is 32.7 Å². The van der Waals surface area contributed by atoms with Gasteiger partial charge in [0.05, 0.1) is 6.04 Å². The van der Waals surface area contributed by atoms with Gasteiger partial charge >= 0.3 is 0 Å². The summed E-state index contributed by atoms with van der Waals surface area (Å²) in [4.78, 5) is 15.8. The van der Waals surface area contributed by atoms with E-state index in [-0.39, 0.29) is 6.04 Å².